The normalized spacial score (nSPS) is 42.8. The van der Waals surface area contributed by atoms with Crippen LogP contribution in [0.1, 0.15) is 71.6 Å². The molecule has 3 atom stereocenters. The van der Waals surface area contributed by atoms with Crippen molar-refractivity contribution < 1.29 is 9.84 Å². The Morgan fingerprint density at radius 1 is 0.895 bits per heavy atom. The topological polar surface area (TPSA) is 32.8 Å². The first-order chi connectivity index (χ1) is 9.19. The highest BCUT2D eigenvalue weighted by Gasteiger charge is 2.51. The summed E-state index contributed by atoms with van der Waals surface area (Å²) in [5.74, 6) is 1.71. The Kier molecular flexibility index (Phi) is 3.92. The number of aliphatic hydroxyl groups excluding tert-OH is 1. The van der Waals surface area contributed by atoms with Crippen LogP contribution >= 0.6 is 0 Å². The second-order valence-electron chi connectivity index (χ2n) is 7.17. The van der Waals surface area contributed by atoms with Crippen LogP contribution in [0.15, 0.2) is 0 Å². The number of epoxide rings is 1. The molecule has 2 nitrogen and oxygen atoms in total. The molecule has 3 unspecified atom stereocenters. The zero-order chi connectivity index (χ0) is 13.5. The Labute approximate surface area is 117 Å². The molecule has 3 aliphatic rings. The van der Waals surface area contributed by atoms with E-state index in [1.54, 1.807) is 0 Å². The van der Waals surface area contributed by atoms with Gasteiger partial charge in [0.1, 0.15) is 0 Å². The molecule has 19 heavy (non-hydrogen) atoms. The van der Waals surface area contributed by atoms with E-state index in [1.807, 2.05) is 0 Å². The molecule has 3 rings (SSSR count). The van der Waals surface area contributed by atoms with Crippen molar-refractivity contribution in [1.82, 2.24) is 0 Å². The van der Waals surface area contributed by atoms with Crippen LogP contribution in [0.4, 0.5) is 0 Å². The van der Waals surface area contributed by atoms with E-state index in [0.717, 1.165) is 24.7 Å². The summed E-state index contributed by atoms with van der Waals surface area (Å²) < 4.78 is 5.76. The van der Waals surface area contributed by atoms with Gasteiger partial charge in [0.25, 0.3) is 0 Å². The lowest BCUT2D eigenvalue weighted by Crippen LogP contribution is -2.41. The molecule has 1 heterocycles. The summed E-state index contributed by atoms with van der Waals surface area (Å²) in [4.78, 5) is 0. The molecular weight excluding hydrogens is 236 g/mol. The van der Waals surface area contributed by atoms with Crippen LogP contribution in [0, 0.1) is 17.3 Å². The van der Waals surface area contributed by atoms with Crippen molar-refractivity contribution in [2.24, 2.45) is 17.3 Å². The van der Waals surface area contributed by atoms with Crippen molar-refractivity contribution in [3.05, 3.63) is 0 Å². The molecule has 2 heteroatoms. The number of aliphatic hydroxyl groups is 1. The maximum atomic E-state index is 9.78. The monoisotopic (exact) mass is 266 g/mol. The third-order valence-corrected chi connectivity index (χ3v) is 6.64. The Morgan fingerprint density at radius 3 is 2.11 bits per heavy atom. The van der Waals surface area contributed by atoms with Crippen LogP contribution in [0.3, 0.4) is 0 Å². The number of hydrogen-bond donors (Lipinski definition) is 1. The zero-order valence-electron chi connectivity index (χ0n) is 12.6. The van der Waals surface area contributed by atoms with Gasteiger partial charge < -0.3 is 9.84 Å². The Balaban J connectivity index is 1.73. The first-order valence-corrected chi connectivity index (χ1v) is 8.53. The SMILES string of the molecule is CCC(CC)(C1CCC(O)CC1)C1CCC2OC2C1. The molecular formula is C17H30O2. The zero-order valence-corrected chi connectivity index (χ0v) is 12.6. The average molecular weight is 266 g/mol. The molecule has 2 aliphatic carbocycles. The van der Waals surface area contributed by atoms with Gasteiger partial charge >= 0.3 is 0 Å². The second-order valence-corrected chi connectivity index (χ2v) is 7.17. The van der Waals surface area contributed by atoms with Crippen molar-refractivity contribution in [2.45, 2.75) is 89.9 Å². The fraction of sp³-hybridized carbons (Fsp3) is 1.00. The molecule has 0 aromatic carbocycles. The average Bonchev–Trinajstić information content (AvgIpc) is 3.21. The van der Waals surface area contributed by atoms with Crippen LogP contribution < -0.4 is 0 Å². The van der Waals surface area contributed by atoms with Gasteiger partial charge in [-0.05, 0) is 75.0 Å². The maximum Gasteiger partial charge on any atom is 0.0844 e. The number of rotatable bonds is 4. The number of hydrogen-bond acceptors (Lipinski definition) is 2. The highest BCUT2D eigenvalue weighted by atomic mass is 16.6. The minimum atomic E-state index is -0.0230. The summed E-state index contributed by atoms with van der Waals surface area (Å²) in [6.07, 6.45) is 12.4. The molecule has 0 amide bonds. The molecule has 1 N–H and O–H groups in total. The fourth-order valence-corrected chi connectivity index (χ4v) is 5.32. The lowest BCUT2D eigenvalue weighted by molar-refractivity contribution is -0.00780. The lowest BCUT2D eigenvalue weighted by Gasteiger charge is -2.49. The summed E-state index contributed by atoms with van der Waals surface area (Å²) in [6.45, 7) is 4.79. The van der Waals surface area contributed by atoms with Crippen LogP contribution in [0.25, 0.3) is 0 Å². The highest BCUT2D eigenvalue weighted by molar-refractivity contribution is 5.00. The van der Waals surface area contributed by atoms with Crippen molar-refractivity contribution in [1.29, 1.82) is 0 Å². The third kappa shape index (κ3) is 2.47. The van der Waals surface area contributed by atoms with Crippen LogP contribution in [0.5, 0.6) is 0 Å². The predicted molar refractivity (Wildman–Crippen MR) is 77.0 cm³/mol. The molecule has 0 bridgehead atoms. The first kappa shape index (κ1) is 13.9. The maximum absolute atomic E-state index is 9.78. The molecule has 110 valence electrons. The predicted octanol–water partition coefficient (Wildman–Crippen LogP) is 3.91. The minimum absolute atomic E-state index is 0.0230. The van der Waals surface area contributed by atoms with Crippen LogP contribution in [-0.2, 0) is 4.74 Å². The van der Waals surface area contributed by atoms with Crippen molar-refractivity contribution in [3.63, 3.8) is 0 Å². The van der Waals surface area contributed by atoms with E-state index in [-0.39, 0.29) is 6.10 Å². The molecule has 0 aromatic heterocycles. The van der Waals surface area contributed by atoms with Crippen molar-refractivity contribution >= 4 is 0 Å². The molecule has 3 fully saturated rings. The summed E-state index contributed by atoms with van der Waals surface area (Å²) in [5.41, 5.74) is 0.525. The molecule has 2 saturated carbocycles. The van der Waals surface area contributed by atoms with E-state index in [1.165, 1.54) is 44.9 Å². The largest absolute Gasteiger partial charge is 0.393 e. The van der Waals surface area contributed by atoms with Gasteiger partial charge in [0.05, 0.1) is 18.3 Å². The first-order valence-electron chi connectivity index (χ1n) is 8.53. The standard InChI is InChI=1S/C17H30O2/c1-3-17(4-2,12-5-8-14(18)9-6-12)13-7-10-15-16(11-13)19-15/h12-16,18H,3-11H2,1-2H3. The summed E-state index contributed by atoms with van der Waals surface area (Å²) in [7, 11) is 0. The number of fused-ring (bicyclic) bond motifs is 1. The van der Waals surface area contributed by atoms with Gasteiger partial charge in [0.15, 0.2) is 0 Å². The second kappa shape index (κ2) is 5.37. The molecule has 1 aliphatic heterocycles. The van der Waals surface area contributed by atoms with Gasteiger partial charge in [-0.1, -0.05) is 13.8 Å². The molecule has 0 spiro atoms. The van der Waals surface area contributed by atoms with E-state index in [9.17, 15) is 5.11 Å². The van der Waals surface area contributed by atoms with E-state index in [2.05, 4.69) is 13.8 Å². The quantitative estimate of drug-likeness (QED) is 0.782. The Morgan fingerprint density at radius 2 is 1.53 bits per heavy atom. The third-order valence-electron chi connectivity index (χ3n) is 6.64. The van der Waals surface area contributed by atoms with E-state index >= 15 is 0 Å². The molecule has 0 aromatic rings. The van der Waals surface area contributed by atoms with Crippen molar-refractivity contribution in [3.8, 4) is 0 Å². The minimum Gasteiger partial charge on any atom is -0.393 e. The molecule has 0 radical (unpaired) electrons. The van der Waals surface area contributed by atoms with Gasteiger partial charge in [-0.25, -0.2) is 0 Å². The van der Waals surface area contributed by atoms with Crippen LogP contribution in [0.2, 0.25) is 0 Å². The van der Waals surface area contributed by atoms with E-state index in [4.69, 9.17) is 4.74 Å². The Bertz CT molecular complexity index is 302. The van der Waals surface area contributed by atoms with E-state index < -0.39 is 0 Å². The van der Waals surface area contributed by atoms with Gasteiger partial charge in [0.2, 0.25) is 0 Å². The smallest absolute Gasteiger partial charge is 0.0844 e. The lowest BCUT2D eigenvalue weighted by atomic mass is 9.56. The summed E-state index contributed by atoms with van der Waals surface area (Å²) in [6, 6.07) is 0. The Hall–Kier alpha value is -0.0800. The van der Waals surface area contributed by atoms with E-state index in [0.29, 0.717) is 17.6 Å². The van der Waals surface area contributed by atoms with Crippen molar-refractivity contribution in [2.75, 3.05) is 0 Å². The van der Waals surface area contributed by atoms with Gasteiger partial charge in [0, 0.05) is 0 Å². The molecule has 1 saturated heterocycles. The van der Waals surface area contributed by atoms with Crippen LogP contribution in [-0.4, -0.2) is 23.4 Å². The van der Waals surface area contributed by atoms with Gasteiger partial charge in [-0.2, -0.15) is 0 Å². The summed E-state index contributed by atoms with van der Waals surface area (Å²) >= 11 is 0. The fourth-order valence-electron chi connectivity index (χ4n) is 5.32. The highest BCUT2D eigenvalue weighted by Crippen LogP contribution is 2.55. The van der Waals surface area contributed by atoms with Gasteiger partial charge in [-0.3, -0.25) is 0 Å². The van der Waals surface area contributed by atoms with Gasteiger partial charge in [-0.15, -0.1) is 0 Å². The summed E-state index contributed by atoms with van der Waals surface area (Å²) in [5, 5.41) is 9.78. The number of ether oxygens (including phenoxy) is 1.